The molecular formula is C18H17NO2. The van der Waals surface area contributed by atoms with Gasteiger partial charge < -0.3 is 10.4 Å². The normalized spacial score (nSPS) is 9.67. The molecule has 1 amide bonds. The van der Waals surface area contributed by atoms with Crippen LogP contribution in [0.1, 0.15) is 27.0 Å². The van der Waals surface area contributed by atoms with Crippen LogP contribution in [0.3, 0.4) is 0 Å². The Balaban J connectivity index is 2.16. The molecule has 0 bridgehead atoms. The summed E-state index contributed by atoms with van der Waals surface area (Å²) in [6.07, 6.45) is 0. The summed E-state index contributed by atoms with van der Waals surface area (Å²) in [6, 6.07) is 13.0. The zero-order valence-electron chi connectivity index (χ0n) is 12.1. The van der Waals surface area contributed by atoms with E-state index < -0.39 is 0 Å². The molecule has 0 spiro atoms. The molecule has 3 heteroatoms. The third-order valence-corrected chi connectivity index (χ3v) is 3.16. The predicted octanol–water partition coefficient (Wildman–Crippen LogP) is 2.90. The lowest BCUT2D eigenvalue weighted by molar-refractivity contribution is 0.102. The Morgan fingerprint density at radius 3 is 2.29 bits per heavy atom. The molecule has 0 aliphatic carbocycles. The van der Waals surface area contributed by atoms with Gasteiger partial charge in [0.25, 0.3) is 5.91 Å². The standard InChI is InChI=1S/C18H17NO2/c1-13-5-3-6-14(2)17(13)18(21)19-16-10-8-15(9-11-16)7-4-12-20/h3,5-6,8-11,20H,12H2,1-2H3,(H,19,21). The Kier molecular flexibility index (Phi) is 4.76. The van der Waals surface area contributed by atoms with Gasteiger partial charge in [0.2, 0.25) is 0 Å². The molecule has 2 aromatic carbocycles. The van der Waals surface area contributed by atoms with Crippen LogP contribution < -0.4 is 5.32 Å². The van der Waals surface area contributed by atoms with Crippen molar-refractivity contribution in [3.63, 3.8) is 0 Å². The fourth-order valence-electron chi connectivity index (χ4n) is 2.14. The van der Waals surface area contributed by atoms with E-state index in [1.807, 2.05) is 44.2 Å². The third-order valence-electron chi connectivity index (χ3n) is 3.16. The second-order valence-corrected chi connectivity index (χ2v) is 4.76. The summed E-state index contributed by atoms with van der Waals surface area (Å²) in [5, 5.41) is 11.5. The van der Waals surface area contributed by atoms with Gasteiger partial charge in [-0.3, -0.25) is 4.79 Å². The summed E-state index contributed by atoms with van der Waals surface area (Å²) in [7, 11) is 0. The van der Waals surface area contributed by atoms with Crippen molar-refractivity contribution >= 4 is 11.6 Å². The van der Waals surface area contributed by atoms with E-state index in [-0.39, 0.29) is 12.5 Å². The smallest absolute Gasteiger partial charge is 0.256 e. The van der Waals surface area contributed by atoms with Gasteiger partial charge >= 0.3 is 0 Å². The lowest BCUT2D eigenvalue weighted by Crippen LogP contribution is -2.14. The van der Waals surface area contributed by atoms with E-state index in [2.05, 4.69) is 17.2 Å². The van der Waals surface area contributed by atoms with Gasteiger partial charge in [0.15, 0.2) is 0 Å². The van der Waals surface area contributed by atoms with Crippen LogP contribution in [0, 0.1) is 25.7 Å². The molecule has 2 aromatic rings. The Morgan fingerprint density at radius 2 is 1.71 bits per heavy atom. The molecule has 0 radical (unpaired) electrons. The molecule has 106 valence electrons. The van der Waals surface area contributed by atoms with Crippen molar-refractivity contribution in [3.8, 4) is 11.8 Å². The van der Waals surface area contributed by atoms with E-state index >= 15 is 0 Å². The molecule has 0 saturated carbocycles. The second-order valence-electron chi connectivity index (χ2n) is 4.76. The maximum Gasteiger partial charge on any atom is 0.256 e. The number of aliphatic hydroxyl groups excluding tert-OH is 1. The first-order valence-electron chi connectivity index (χ1n) is 6.69. The van der Waals surface area contributed by atoms with Crippen LogP contribution in [0.15, 0.2) is 42.5 Å². The number of amides is 1. The van der Waals surface area contributed by atoms with Crippen LogP contribution in [0.4, 0.5) is 5.69 Å². The van der Waals surface area contributed by atoms with E-state index in [0.29, 0.717) is 5.56 Å². The molecule has 3 nitrogen and oxygen atoms in total. The SMILES string of the molecule is Cc1cccc(C)c1C(=O)Nc1ccc(C#CCO)cc1. The van der Waals surface area contributed by atoms with Gasteiger partial charge in [-0.15, -0.1) is 0 Å². The number of rotatable bonds is 2. The minimum Gasteiger partial charge on any atom is -0.384 e. The predicted molar refractivity (Wildman–Crippen MR) is 84.3 cm³/mol. The number of benzene rings is 2. The van der Waals surface area contributed by atoms with E-state index in [0.717, 1.165) is 22.4 Å². The second kappa shape index (κ2) is 6.74. The van der Waals surface area contributed by atoms with Gasteiger partial charge in [-0.2, -0.15) is 0 Å². The molecule has 0 aromatic heterocycles. The van der Waals surface area contributed by atoms with Crippen molar-refractivity contribution in [2.75, 3.05) is 11.9 Å². The van der Waals surface area contributed by atoms with Crippen LogP contribution in [-0.4, -0.2) is 17.6 Å². The zero-order chi connectivity index (χ0) is 15.2. The quantitative estimate of drug-likeness (QED) is 0.830. The minimum atomic E-state index is -0.162. The molecule has 0 unspecified atom stereocenters. The summed E-state index contributed by atoms with van der Waals surface area (Å²) in [5.74, 6) is 5.28. The van der Waals surface area contributed by atoms with Gasteiger partial charge in [0, 0.05) is 16.8 Å². The van der Waals surface area contributed by atoms with E-state index in [1.54, 1.807) is 12.1 Å². The highest BCUT2D eigenvalue weighted by atomic mass is 16.2. The maximum atomic E-state index is 12.3. The van der Waals surface area contributed by atoms with E-state index in [4.69, 9.17) is 5.11 Å². The zero-order valence-corrected chi connectivity index (χ0v) is 12.1. The van der Waals surface area contributed by atoms with Gasteiger partial charge in [-0.05, 0) is 49.2 Å². The monoisotopic (exact) mass is 279 g/mol. The summed E-state index contributed by atoms with van der Waals surface area (Å²) in [4.78, 5) is 12.3. The average molecular weight is 279 g/mol. The fourth-order valence-corrected chi connectivity index (χ4v) is 2.14. The highest BCUT2D eigenvalue weighted by Gasteiger charge is 2.11. The molecule has 0 fully saturated rings. The number of hydrogen-bond acceptors (Lipinski definition) is 2. The van der Waals surface area contributed by atoms with Crippen molar-refractivity contribution in [2.24, 2.45) is 0 Å². The highest BCUT2D eigenvalue weighted by Crippen LogP contribution is 2.16. The van der Waals surface area contributed by atoms with Crippen molar-refractivity contribution in [1.82, 2.24) is 0 Å². The van der Waals surface area contributed by atoms with Crippen LogP contribution >= 0.6 is 0 Å². The van der Waals surface area contributed by atoms with Gasteiger partial charge in [-0.1, -0.05) is 30.0 Å². The highest BCUT2D eigenvalue weighted by molar-refractivity contribution is 6.06. The van der Waals surface area contributed by atoms with Crippen LogP contribution in [0.2, 0.25) is 0 Å². The Hall–Kier alpha value is -2.57. The van der Waals surface area contributed by atoms with Gasteiger partial charge in [-0.25, -0.2) is 0 Å². The topological polar surface area (TPSA) is 49.3 Å². The molecule has 21 heavy (non-hydrogen) atoms. The summed E-state index contributed by atoms with van der Waals surface area (Å²) >= 11 is 0. The molecule has 0 heterocycles. The Labute approximate surface area is 124 Å². The molecule has 2 N–H and O–H groups in total. The number of carbonyl (C=O) groups is 1. The largest absolute Gasteiger partial charge is 0.384 e. The van der Waals surface area contributed by atoms with Crippen LogP contribution in [-0.2, 0) is 0 Å². The molecule has 0 aliphatic heterocycles. The lowest BCUT2D eigenvalue weighted by atomic mass is 10.0. The molecular weight excluding hydrogens is 262 g/mol. The van der Waals surface area contributed by atoms with Crippen molar-refractivity contribution < 1.29 is 9.90 Å². The van der Waals surface area contributed by atoms with Crippen LogP contribution in [0.25, 0.3) is 0 Å². The Bertz CT molecular complexity index is 686. The van der Waals surface area contributed by atoms with Crippen LogP contribution in [0.5, 0.6) is 0 Å². The number of hydrogen-bond donors (Lipinski definition) is 2. The molecule has 0 saturated heterocycles. The molecule has 0 aliphatic rings. The number of carbonyl (C=O) groups excluding carboxylic acids is 1. The van der Waals surface area contributed by atoms with Crippen molar-refractivity contribution in [3.05, 3.63) is 64.7 Å². The third kappa shape index (κ3) is 3.71. The number of aliphatic hydroxyl groups is 1. The number of aryl methyl sites for hydroxylation is 2. The number of anilines is 1. The fraction of sp³-hybridized carbons (Fsp3) is 0.167. The summed E-state index contributed by atoms with van der Waals surface area (Å²) in [6.45, 7) is 3.69. The first-order chi connectivity index (χ1) is 10.1. The average Bonchev–Trinajstić information content (AvgIpc) is 2.46. The molecule has 2 rings (SSSR count). The van der Waals surface area contributed by atoms with E-state index in [9.17, 15) is 4.79 Å². The summed E-state index contributed by atoms with van der Waals surface area (Å²) in [5.41, 5.74) is 4.14. The van der Waals surface area contributed by atoms with Crippen molar-refractivity contribution in [1.29, 1.82) is 0 Å². The first-order valence-corrected chi connectivity index (χ1v) is 6.69. The maximum absolute atomic E-state index is 12.3. The van der Waals surface area contributed by atoms with Gasteiger partial charge in [0.1, 0.15) is 6.61 Å². The van der Waals surface area contributed by atoms with E-state index in [1.165, 1.54) is 0 Å². The lowest BCUT2D eigenvalue weighted by Gasteiger charge is -2.10. The van der Waals surface area contributed by atoms with Crippen molar-refractivity contribution in [2.45, 2.75) is 13.8 Å². The Morgan fingerprint density at radius 1 is 1.10 bits per heavy atom. The summed E-state index contributed by atoms with van der Waals surface area (Å²) < 4.78 is 0. The number of nitrogens with one attached hydrogen (secondary N) is 1. The molecule has 0 atom stereocenters. The first kappa shape index (κ1) is 14.8. The minimum absolute atomic E-state index is 0.111. The van der Waals surface area contributed by atoms with Gasteiger partial charge in [0.05, 0.1) is 0 Å².